The first kappa shape index (κ1) is 8.00. The Hall–Kier alpha value is -1.62. The van der Waals surface area contributed by atoms with Crippen molar-refractivity contribution in [2.45, 2.75) is 6.92 Å². The van der Waals surface area contributed by atoms with E-state index in [1.165, 1.54) is 0 Å². The molecule has 0 fully saturated rings. The average molecular weight is 178 g/mol. The van der Waals surface area contributed by atoms with E-state index in [1.807, 2.05) is 13.0 Å². The van der Waals surface area contributed by atoms with Crippen molar-refractivity contribution in [3.8, 4) is 0 Å². The van der Waals surface area contributed by atoms with Gasteiger partial charge in [0.2, 0.25) is 0 Å². The molecule has 1 aromatic heterocycles. The van der Waals surface area contributed by atoms with Gasteiger partial charge in [0.25, 0.3) is 0 Å². The number of aromatic amines is 1. The summed E-state index contributed by atoms with van der Waals surface area (Å²) in [6, 6.07) is 1.94. The molecule has 68 valence electrons. The second kappa shape index (κ2) is 3.02. The zero-order chi connectivity index (χ0) is 9.26. The summed E-state index contributed by atoms with van der Waals surface area (Å²) >= 11 is 0. The topological polar surface area (TPSA) is 73.3 Å². The molecule has 5 heteroatoms. The van der Waals surface area contributed by atoms with Crippen LogP contribution in [0.25, 0.3) is 0 Å². The summed E-state index contributed by atoms with van der Waals surface area (Å²) in [6.45, 7) is 2.34. The highest BCUT2D eigenvalue weighted by Crippen LogP contribution is 2.21. The van der Waals surface area contributed by atoms with E-state index in [0.29, 0.717) is 6.61 Å². The summed E-state index contributed by atoms with van der Waals surface area (Å²) in [5.41, 5.74) is 6.36. The molecule has 0 radical (unpaired) electrons. The normalized spacial score (nSPS) is 18.1. The fourth-order valence-corrected chi connectivity index (χ4v) is 1.33. The van der Waals surface area contributed by atoms with Crippen molar-refractivity contribution in [3.63, 3.8) is 0 Å². The van der Waals surface area contributed by atoms with E-state index in [0.717, 1.165) is 29.1 Å². The van der Waals surface area contributed by atoms with Crippen molar-refractivity contribution >= 4 is 17.7 Å². The molecule has 0 bridgehead atoms. The van der Waals surface area contributed by atoms with Crippen LogP contribution in [0.3, 0.4) is 0 Å². The Morgan fingerprint density at radius 1 is 1.69 bits per heavy atom. The van der Waals surface area contributed by atoms with Crippen LogP contribution in [0.5, 0.6) is 0 Å². The summed E-state index contributed by atoms with van der Waals surface area (Å²) < 4.78 is 0. The van der Waals surface area contributed by atoms with Crippen LogP contribution in [-0.2, 0) is 4.84 Å². The average Bonchev–Trinajstić information content (AvgIpc) is 2.47. The molecule has 2 heterocycles. The molecule has 1 aliphatic heterocycles. The zero-order valence-corrected chi connectivity index (χ0v) is 7.22. The number of hydrogen-bond acceptors (Lipinski definition) is 3. The van der Waals surface area contributed by atoms with Gasteiger partial charge < -0.3 is 4.98 Å². The number of nitrogens with zero attached hydrogens (tertiary/aromatic N) is 1. The van der Waals surface area contributed by atoms with Gasteiger partial charge in [0.15, 0.2) is 0 Å². The van der Waals surface area contributed by atoms with E-state index < -0.39 is 0 Å². The van der Waals surface area contributed by atoms with Crippen LogP contribution >= 0.6 is 0 Å². The van der Waals surface area contributed by atoms with Crippen LogP contribution in [0.15, 0.2) is 11.1 Å². The highest BCUT2D eigenvalue weighted by Gasteiger charge is 2.17. The number of anilines is 1. The van der Waals surface area contributed by atoms with Crippen molar-refractivity contribution in [3.05, 3.63) is 17.5 Å². The highest BCUT2D eigenvalue weighted by atomic mass is 16.6. The maximum atomic E-state index is 6.88. The summed E-state index contributed by atoms with van der Waals surface area (Å²) in [5.74, 6) is 0. The molecule has 3 N–H and O–H groups in total. The number of rotatable bonds is 1. The smallest absolute Gasteiger partial charge is 0.119 e. The Labute approximate surface area is 75.3 Å². The SMILES string of the molecule is Cc1cc2c([nH]1)C(=NC=N)CON2. The third kappa shape index (κ3) is 1.33. The van der Waals surface area contributed by atoms with Crippen LogP contribution in [-0.4, -0.2) is 23.6 Å². The number of aliphatic imine (C=N–C) groups is 1. The molecule has 0 unspecified atom stereocenters. The van der Waals surface area contributed by atoms with Crippen LogP contribution in [0.2, 0.25) is 0 Å². The molecule has 1 aromatic rings. The summed E-state index contributed by atoms with van der Waals surface area (Å²) in [4.78, 5) is 12.1. The first-order chi connectivity index (χ1) is 6.31. The molecular formula is C8H10N4O. The minimum Gasteiger partial charge on any atom is -0.356 e. The minimum atomic E-state index is 0.377. The lowest BCUT2D eigenvalue weighted by Gasteiger charge is -2.14. The maximum Gasteiger partial charge on any atom is 0.119 e. The van der Waals surface area contributed by atoms with Gasteiger partial charge >= 0.3 is 0 Å². The number of aryl methyl sites for hydroxylation is 1. The first-order valence-corrected chi connectivity index (χ1v) is 3.94. The Morgan fingerprint density at radius 2 is 2.54 bits per heavy atom. The quantitative estimate of drug-likeness (QED) is 0.444. The number of aromatic nitrogens is 1. The summed E-state index contributed by atoms with van der Waals surface area (Å²) in [6.07, 6.45) is 1.02. The fourth-order valence-electron chi connectivity index (χ4n) is 1.33. The van der Waals surface area contributed by atoms with E-state index in [2.05, 4.69) is 15.5 Å². The van der Waals surface area contributed by atoms with Crippen molar-refractivity contribution < 1.29 is 4.84 Å². The fraction of sp³-hybridized carbons (Fsp3) is 0.250. The predicted molar refractivity (Wildman–Crippen MR) is 50.4 cm³/mol. The molecule has 0 amide bonds. The van der Waals surface area contributed by atoms with Crippen LogP contribution in [0, 0.1) is 12.3 Å². The van der Waals surface area contributed by atoms with Gasteiger partial charge in [0.05, 0.1) is 17.1 Å². The van der Waals surface area contributed by atoms with E-state index in [9.17, 15) is 0 Å². The Morgan fingerprint density at radius 3 is 3.31 bits per heavy atom. The molecule has 13 heavy (non-hydrogen) atoms. The van der Waals surface area contributed by atoms with Gasteiger partial charge in [0.1, 0.15) is 12.9 Å². The molecule has 0 aromatic carbocycles. The molecule has 0 saturated heterocycles. The van der Waals surface area contributed by atoms with Gasteiger partial charge in [-0.25, -0.2) is 4.99 Å². The lowest BCUT2D eigenvalue weighted by molar-refractivity contribution is 0.235. The Bertz CT molecular complexity index is 366. The monoisotopic (exact) mass is 178 g/mol. The maximum absolute atomic E-state index is 6.88. The van der Waals surface area contributed by atoms with Crippen molar-refractivity contribution in [1.29, 1.82) is 5.41 Å². The lowest BCUT2D eigenvalue weighted by Crippen LogP contribution is -2.21. The van der Waals surface area contributed by atoms with Gasteiger partial charge in [-0.2, -0.15) is 0 Å². The highest BCUT2D eigenvalue weighted by molar-refractivity contribution is 6.08. The summed E-state index contributed by atoms with van der Waals surface area (Å²) in [5, 5.41) is 6.88. The molecule has 0 atom stereocenters. The van der Waals surface area contributed by atoms with Gasteiger partial charge in [-0.15, -0.1) is 0 Å². The number of H-pyrrole nitrogens is 1. The molecule has 5 nitrogen and oxygen atoms in total. The van der Waals surface area contributed by atoms with E-state index in [4.69, 9.17) is 10.2 Å². The van der Waals surface area contributed by atoms with Crippen molar-refractivity contribution in [2.75, 3.05) is 12.1 Å². The molecule has 1 aliphatic rings. The third-order valence-electron chi connectivity index (χ3n) is 1.85. The van der Waals surface area contributed by atoms with Crippen LogP contribution in [0.4, 0.5) is 5.69 Å². The molecule has 0 saturated carbocycles. The zero-order valence-electron chi connectivity index (χ0n) is 7.22. The van der Waals surface area contributed by atoms with E-state index >= 15 is 0 Å². The Kier molecular flexibility index (Phi) is 1.86. The molecule has 0 aliphatic carbocycles. The second-order valence-corrected chi connectivity index (χ2v) is 2.84. The lowest BCUT2D eigenvalue weighted by atomic mass is 10.2. The second-order valence-electron chi connectivity index (χ2n) is 2.84. The number of nitrogens with one attached hydrogen (secondary N) is 3. The third-order valence-corrected chi connectivity index (χ3v) is 1.85. The predicted octanol–water partition coefficient (Wildman–Crippen LogP) is 1.08. The van der Waals surface area contributed by atoms with E-state index in [-0.39, 0.29) is 0 Å². The first-order valence-electron chi connectivity index (χ1n) is 3.94. The Balaban J connectivity index is 2.47. The molecule has 2 rings (SSSR count). The minimum absolute atomic E-state index is 0.377. The van der Waals surface area contributed by atoms with Crippen molar-refractivity contribution in [1.82, 2.24) is 4.98 Å². The van der Waals surface area contributed by atoms with Crippen LogP contribution in [0.1, 0.15) is 11.4 Å². The van der Waals surface area contributed by atoms with Crippen molar-refractivity contribution in [2.24, 2.45) is 4.99 Å². The van der Waals surface area contributed by atoms with Crippen LogP contribution < -0.4 is 5.48 Å². The van der Waals surface area contributed by atoms with Gasteiger partial charge in [-0.3, -0.25) is 15.7 Å². The number of hydrogen-bond donors (Lipinski definition) is 3. The van der Waals surface area contributed by atoms with Gasteiger partial charge in [-0.1, -0.05) is 0 Å². The summed E-state index contributed by atoms with van der Waals surface area (Å²) in [7, 11) is 0. The van der Waals surface area contributed by atoms with Gasteiger partial charge in [-0.05, 0) is 13.0 Å². The largest absolute Gasteiger partial charge is 0.356 e. The number of fused-ring (bicyclic) bond motifs is 1. The molecular weight excluding hydrogens is 168 g/mol. The molecule has 0 spiro atoms. The van der Waals surface area contributed by atoms with E-state index in [1.54, 1.807) is 0 Å². The standard InChI is InChI=1S/C8H10N4O/c1-5-2-6-8(11-5)7(10-4-9)3-13-12-6/h2,4,9,11-12H,3H2,1H3. The van der Waals surface area contributed by atoms with Gasteiger partial charge in [0, 0.05) is 5.69 Å².